The van der Waals surface area contributed by atoms with Gasteiger partial charge in [0, 0.05) is 23.6 Å². The number of aromatic nitrogens is 1. The summed E-state index contributed by atoms with van der Waals surface area (Å²) in [6, 6.07) is 4.89. The fourth-order valence-corrected chi connectivity index (χ4v) is 2.22. The summed E-state index contributed by atoms with van der Waals surface area (Å²) in [6.07, 6.45) is 2.14. The quantitative estimate of drug-likeness (QED) is 0.905. The van der Waals surface area contributed by atoms with Gasteiger partial charge in [-0.15, -0.1) is 0 Å². The molecule has 0 spiro atoms. The Kier molecular flexibility index (Phi) is 4.32. The van der Waals surface area contributed by atoms with Gasteiger partial charge in [0.2, 0.25) is 0 Å². The second-order valence-corrected chi connectivity index (χ2v) is 4.55. The maximum absolute atomic E-state index is 10.4. The lowest BCUT2D eigenvalue weighted by atomic mass is 10.0. The van der Waals surface area contributed by atoms with Crippen molar-refractivity contribution in [2.75, 3.05) is 20.0 Å². The van der Waals surface area contributed by atoms with Crippen LogP contribution in [0.4, 0.5) is 5.69 Å². The Labute approximate surface area is 121 Å². The van der Waals surface area contributed by atoms with Crippen molar-refractivity contribution in [3.63, 3.8) is 0 Å². The average molecular weight is 295 g/mol. The number of benzene rings is 1. The molecule has 1 unspecified atom stereocenters. The Morgan fingerprint density at radius 2 is 2.05 bits per heavy atom. The van der Waals surface area contributed by atoms with Gasteiger partial charge in [-0.1, -0.05) is 11.6 Å². The third-order valence-corrected chi connectivity index (χ3v) is 3.23. The zero-order valence-electron chi connectivity index (χ0n) is 11.1. The van der Waals surface area contributed by atoms with Gasteiger partial charge in [0.1, 0.15) is 6.10 Å². The zero-order chi connectivity index (χ0) is 14.7. The predicted molar refractivity (Wildman–Crippen MR) is 77.3 cm³/mol. The summed E-state index contributed by atoms with van der Waals surface area (Å²) in [5.41, 5.74) is 7.35. The summed E-state index contributed by atoms with van der Waals surface area (Å²) in [5, 5.41) is 10.8. The number of pyridine rings is 1. The van der Waals surface area contributed by atoms with Crippen LogP contribution < -0.4 is 15.2 Å². The number of ether oxygens (including phenoxy) is 2. The van der Waals surface area contributed by atoms with E-state index in [1.165, 1.54) is 20.4 Å². The summed E-state index contributed by atoms with van der Waals surface area (Å²) in [5.74, 6) is 0.862. The number of methoxy groups -OCH3 is 2. The number of aliphatic hydroxyl groups is 1. The predicted octanol–water partition coefficient (Wildman–Crippen LogP) is 2.42. The number of hydrogen-bond donors (Lipinski definition) is 2. The van der Waals surface area contributed by atoms with Crippen LogP contribution in [0.2, 0.25) is 5.02 Å². The van der Waals surface area contributed by atoms with E-state index in [0.717, 1.165) is 0 Å². The molecule has 0 aliphatic carbocycles. The number of nitrogens with two attached hydrogens (primary N) is 1. The van der Waals surface area contributed by atoms with Crippen molar-refractivity contribution >= 4 is 17.3 Å². The minimum Gasteiger partial charge on any atom is -0.493 e. The molecule has 0 saturated heterocycles. The van der Waals surface area contributed by atoms with Crippen molar-refractivity contribution in [2.24, 2.45) is 0 Å². The van der Waals surface area contributed by atoms with Crippen molar-refractivity contribution in [1.82, 2.24) is 4.98 Å². The number of halogens is 1. The first kappa shape index (κ1) is 14.4. The van der Waals surface area contributed by atoms with E-state index in [9.17, 15) is 5.11 Å². The smallest absolute Gasteiger partial charge is 0.179 e. The molecule has 0 aliphatic rings. The van der Waals surface area contributed by atoms with Gasteiger partial charge >= 0.3 is 0 Å². The standard InChI is InChI=1S/C14H15ClN2O3/c1-19-12-6-8(5-10(15)14(12)20-2)13(18)9-7-17-4-3-11(9)16/h3-7,13,18H,1-2H3,(H2,16,17). The molecule has 1 heterocycles. The summed E-state index contributed by atoms with van der Waals surface area (Å²) in [6.45, 7) is 0. The summed E-state index contributed by atoms with van der Waals surface area (Å²) >= 11 is 6.12. The molecular weight excluding hydrogens is 280 g/mol. The van der Waals surface area contributed by atoms with Crippen molar-refractivity contribution in [2.45, 2.75) is 6.10 Å². The molecule has 0 aliphatic heterocycles. The van der Waals surface area contributed by atoms with Crippen molar-refractivity contribution in [3.8, 4) is 11.5 Å². The highest BCUT2D eigenvalue weighted by atomic mass is 35.5. The Bertz CT molecular complexity index is 619. The van der Waals surface area contributed by atoms with Gasteiger partial charge in [0.25, 0.3) is 0 Å². The fourth-order valence-electron chi connectivity index (χ4n) is 1.92. The van der Waals surface area contributed by atoms with Gasteiger partial charge in [-0.25, -0.2) is 0 Å². The molecule has 20 heavy (non-hydrogen) atoms. The number of rotatable bonds is 4. The topological polar surface area (TPSA) is 77.6 Å². The second-order valence-electron chi connectivity index (χ2n) is 4.15. The number of hydrogen-bond acceptors (Lipinski definition) is 5. The Balaban J connectivity index is 2.48. The third-order valence-electron chi connectivity index (χ3n) is 2.95. The first-order valence-corrected chi connectivity index (χ1v) is 6.25. The molecule has 3 N–H and O–H groups in total. The van der Waals surface area contributed by atoms with E-state index >= 15 is 0 Å². The maximum atomic E-state index is 10.4. The minimum atomic E-state index is -0.944. The summed E-state index contributed by atoms with van der Waals surface area (Å²) < 4.78 is 10.4. The molecule has 0 amide bonds. The highest BCUT2D eigenvalue weighted by molar-refractivity contribution is 6.32. The van der Waals surface area contributed by atoms with E-state index in [2.05, 4.69) is 4.98 Å². The molecule has 1 aromatic heterocycles. The van der Waals surface area contributed by atoms with Gasteiger partial charge < -0.3 is 20.3 Å². The number of aliphatic hydroxyl groups excluding tert-OH is 1. The van der Waals surface area contributed by atoms with Gasteiger partial charge in [0.15, 0.2) is 11.5 Å². The molecule has 2 rings (SSSR count). The molecule has 0 saturated carbocycles. The van der Waals surface area contributed by atoms with Crippen molar-refractivity contribution in [3.05, 3.63) is 46.7 Å². The van der Waals surface area contributed by atoms with Crippen LogP contribution in [0.3, 0.4) is 0 Å². The van der Waals surface area contributed by atoms with Crippen LogP contribution in [0.25, 0.3) is 0 Å². The van der Waals surface area contributed by atoms with E-state index in [-0.39, 0.29) is 0 Å². The Morgan fingerprint density at radius 3 is 2.65 bits per heavy atom. The van der Waals surface area contributed by atoms with E-state index in [4.69, 9.17) is 26.8 Å². The number of nitrogen functional groups attached to an aromatic ring is 1. The molecule has 5 nitrogen and oxygen atoms in total. The van der Waals surface area contributed by atoms with E-state index in [0.29, 0.717) is 33.3 Å². The van der Waals surface area contributed by atoms with Gasteiger partial charge in [0.05, 0.1) is 19.2 Å². The second kappa shape index (κ2) is 5.98. The molecular formula is C14H15ClN2O3. The van der Waals surface area contributed by atoms with Crippen LogP contribution in [0, 0.1) is 0 Å². The van der Waals surface area contributed by atoms with Crippen LogP contribution in [0.15, 0.2) is 30.6 Å². The molecule has 1 atom stereocenters. The maximum Gasteiger partial charge on any atom is 0.179 e. The molecule has 106 valence electrons. The van der Waals surface area contributed by atoms with Crippen LogP contribution >= 0.6 is 11.6 Å². The van der Waals surface area contributed by atoms with Crippen LogP contribution in [-0.2, 0) is 0 Å². The monoisotopic (exact) mass is 294 g/mol. The van der Waals surface area contributed by atoms with Crippen molar-refractivity contribution < 1.29 is 14.6 Å². The molecule has 0 fully saturated rings. The van der Waals surface area contributed by atoms with Gasteiger partial charge in [-0.3, -0.25) is 4.98 Å². The first-order valence-electron chi connectivity index (χ1n) is 5.87. The molecule has 0 bridgehead atoms. The highest BCUT2D eigenvalue weighted by Crippen LogP contribution is 2.39. The van der Waals surface area contributed by atoms with Crippen LogP contribution in [0.5, 0.6) is 11.5 Å². The van der Waals surface area contributed by atoms with Crippen LogP contribution in [-0.4, -0.2) is 24.3 Å². The van der Waals surface area contributed by atoms with E-state index in [1.54, 1.807) is 24.4 Å². The molecule has 1 aromatic carbocycles. The summed E-state index contributed by atoms with van der Waals surface area (Å²) in [4.78, 5) is 3.96. The molecule has 2 aromatic rings. The average Bonchev–Trinajstić information content (AvgIpc) is 2.46. The van der Waals surface area contributed by atoms with Gasteiger partial charge in [-0.05, 0) is 23.8 Å². The lowest BCUT2D eigenvalue weighted by molar-refractivity contribution is 0.220. The minimum absolute atomic E-state index is 0.350. The lowest BCUT2D eigenvalue weighted by Crippen LogP contribution is -2.05. The van der Waals surface area contributed by atoms with E-state index in [1.807, 2.05) is 0 Å². The Morgan fingerprint density at radius 1 is 1.30 bits per heavy atom. The normalized spacial score (nSPS) is 12.0. The lowest BCUT2D eigenvalue weighted by Gasteiger charge is -2.16. The highest BCUT2D eigenvalue weighted by Gasteiger charge is 2.18. The van der Waals surface area contributed by atoms with E-state index < -0.39 is 6.10 Å². The van der Waals surface area contributed by atoms with Crippen molar-refractivity contribution in [1.29, 1.82) is 0 Å². The fraction of sp³-hybridized carbons (Fsp3) is 0.214. The van der Waals surface area contributed by atoms with Crippen LogP contribution in [0.1, 0.15) is 17.2 Å². The Hall–Kier alpha value is -1.98. The molecule has 6 heteroatoms. The zero-order valence-corrected chi connectivity index (χ0v) is 11.9. The third kappa shape index (κ3) is 2.64. The first-order chi connectivity index (χ1) is 9.58. The van der Waals surface area contributed by atoms with Gasteiger partial charge in [-0.2, -0.15) is 0 Å². The molecule has 0 radical (unpaired) electrons. The largest absolute Gasteiger partial charge is 0.493 e. The number of anilines is 1. The summed E-state index contributed by atoms with van der Waals surface area (Å²) in [7, 11) is 3.00. The number of nitrogens with zero attached hydrogens (tertiary/aromatic N) is 1. The SMILES string of the molecule is COc1cc(C(O)c2cnccc2N)cc(Cl)c1OC.